The van der Waals surface area contributed by atoms with Crippen molar-refractivity contribution in [3.63, 3.8) is 0 Å². The second kappa shape index (κ2) is 3.76. The maximum Gasteiger partial charge on any atom is 0.120 e. The first-order chi connectivity index (χ1) is 8.71. The van der Waals surface area contributed by atoms with Crippen molar-refractivity contribution in [3.8, 4) is 5.75 Å². The van der Waals surface area contributed by atoms with E-state index in [-0.39, 0.29) is 5.60 Å². The number of hydrogen-bond acceptors (Lipinski definition) is 1. The van der Waals surface area contributed by atoms with Gasteiger partial charge in [0, 0.05) is 0 Å². The number of aryl methyl sites for hydroxylation is 1. The summed E-state index contributed by atoms with van der Waals surface area (Å²) in [5.41, 5.74) is 1.51. The maximum atomic E-state index is 6.47. The topological polar surface area (TPSA) is 9.23 Å². The first-order valence-corrected chi connectivity index (χ1v) is 7.46. The second-order valence-corrected chi connectivity index (χ2v) is 7.02. The minimum atomic E-state index is 0.198. The number of hydrogen-bond donors (Lipinski definition) is 0. The van der Waals surface area contributed by atoms with Crippen LogP contribution in [-0.4, -0.2) is 5.60 Å². The lowest BCUT2D eigenvalue weighted by Gasteiger charge is -2.56. The van der Waals surface area contributed by atoms with Crippen LogP contribution in [0, 0.1) is 24.7 Å². The smallest absolute Gasteiger partial charge is 0.120 e. The summed E-state index contributed by atoms with van der Waals surface area (Å²) in [7, 11) is 0. The molecule has 0 radical (unpaired) electrons. The van der Waals surface area contributed by atoms with Gasteiger partial charge in [-0.05, 0) is 75.3 Å². The van der Waals surface area contributed by atoms with Gasteiger partial charge in [0.2, 0.25) is 0 Å². The Morgan fingerprint density at radius 2 is 1.39 bits per heavy atom. The largest absolute Gasteiger partial charge is 0.487 e. The molecule has 0 spiro atoms. The van der Waals surface area contributed by atoms with Gasteiger partial charge in [0.15, 0.2) is 0 Å². The van der Waals surface area contributed by atoms with Crippen LogP contribution in [0.15, 0.2) is 24.3 Å². The van der Waals surface area contributed by atoms with Crippen molar-refractivity contribution in [2.45, 2.75) is 51.0 Å². The van der Waals surface area contributed by atoms with Crippen LogP contribution in [0.4, 0.5) is 0 Å². The molecule has 4 aliphatic carbocycles. The molecule has 1 nitrogen and oxygen atoms in total. The summed E-state index contributed by atoms with van der Waals surface area (Å²) in [6.07, 6.45) is 8.39. The van der Waals surface area contributed by atoms with E-state index in [4.69, 9.17) is 4.74 Å². The van der Waals surface area contributed by atoms with Crippen molar-refractivity contribution in [1.29, 1.82) is 0 Å². The first kappa shape index (κ1) is 10.9. The minimum absolute atomic E-state index is 0.198. The van der Waals surface area contributed by atoms with Crippen LogP contribution in [0.2, 0.25) is 0 Å². The average Bonchev–Trinajstić information content (AvgIpc) is 2.30. The summed E-state index contributed by atoms with van der Waals surface area (Å²) in [5.74, 6) is 3.97. The summed E-state index contributed by atoms with van der Waals surface area (Å²) in [6, 6.07) is 8.62. The molecule has 0 atom stereocenters. The highest BCUT2D eigenvalue weighted by Gasteiger charge is 2.52. The molecular weight excluding hydrogens is 220 g/mol. The van der Waals surface area contributed by atoms with Crippen molar-refractivity contribution < 1.29 is 4.74 Å². The molecule has 1 heteroatoms. The van der Waals surface area contributed by atoms with Crippen molar-refractivity contribution >= 4 is 0 Å². The van der Waals surface area contributed by atoms with Gasteiger partial charge in [-0.3, -0.25) is 0 Å². The van der Waals surface area contributed by atoms with Crippen LogP contribution in [-0.2, 0) is 0 Å². The van der Waals surface area contributed by atoms with E-state index in [1.807, 2.05) is 0 Å². The van der Waals surface area contributed by atoms with Gasteiger partial charge in [-0.15, -0.1) is 0 Å². The highest BCUT2D eigenvalue weighted by Crippen LogP contribution is 2.56. The zero-order valence-electron chi connectivity index (χ0n) is 11.2. The molecule has 0 amide bonds. The Labute approximate surface area is 110 Å². The van der Waals surface area contributed by atoms with Crippen LogP contribution >= 0.6 is 0 Å². The molecular formula is C17H22O. The van der Waals surface area contributed by atoms with Gasteiger partial charge in [0.1, 0.15) is 11.4 Å². The fraction of sp³-hybridized carbons (Fsp3) is 0.647. The standard InChI is InChI=1S/C17H22O/c1-12-2-4-16(5-3-12)18-17-9-13-6-14(10-17)8-15(7-13)11-17/h2-5,13-15H,6-11H2,1H3. The SMILES string of the molecule is Cc1ccc(OC23CC4CC(CC(C4)C2)C3)cc1. The molecule has 0 aliphatic heterocycles. The van der Waals surface area contributed by atoms with E-state index in [0.717, 1.165) is 23.5 Å². The molecule has 1 aromatic rings. The van der Waals surface area contributed by atoms with Crippen LogP contribution in [0.25, 0.3) is 0 Å². The van der Waals surface area contributed by atoms with Gasteiger partial charge in [0.05, 0.1) is 0 Å². The molecule has 0 unspecified atom stereocenters. The molecule has 4 bridgehead atoms. The number of rotatable bonds is 2. The predicted molar refractivity (Wildman–Crippen MR) is 72.7 cm³/mol. The zero-order chi connectivity index (χ0) is 12.2. The van der Waals surface area contributed by atoms with E-state index >= 15 is 0 Å². The lowest BCUT2D eigenvalue weighted by Crippen LogP contribution is -2.53. The summed E-state index contributed by atoms with van der Waals surface area (Å²) >= 11 is 0. The van der Waals surface area contributed by atoms with Gasteiger partial charge >= 0.3 is 0 Å². The summed E-state index contributed by atoms with van der Waals surface area (Å²) in [6.45, 7) is 2.13. The average molecular weight is 242 g/mol. The van der Waals surface area contributed by atoms with Crippen LogP contribution in [0.3, 0.4) is 0 Å². The normalized spacial score (nSPS) is 41.1. The van der Waals surface area contributed by atoms with E-state index in [2.05, 4.69) is 31.2 Å². The Bertz CT molecular complexity index is 410. The van der Waals surface area contributed by atoms with E-state index < -0.39 is 0 Å². The van der Waals surface area contributed by atoms with Gasteiger partial charge in [-0.1, -0.05) is 17.7 Å². The number of benzene rings is 1. The quantitative estimate of drug-likeness (QED) is 0.749. The Kier molecular flexibility index (Phi) is 2.27. The van der Waals surface area contributed by atoms with E-state index in [1.54, 1.807) is 0 Å². The van der Waals surface area contributed by atoms with Crippen LogP contribution < -0.4 is 4.74 Å². The van der Waals surface area contributed by atoms with Crippen molar-refractivity contribution in [3.05, 3.63) is 29.8 Å². The maximum absolute atomic E-state index is 6.47. The van der Waals surface area contributed by atoms with E-state index in [1.165, 1.54) is 44.1 Å². The molecule has 4 fully saturated rings. The van der Waals surface area contributed by atoms with Gasteiger partial charge in [-0.2, -0.15) is 0 Å². The molecule has 4 aliphatic rings. The van der Waals surface area contributed by atoms with Gasteiger partial charge < -0.3 is 4.74 Å². The Morgan fingerprint density at radius 1 is 0.889 bits per heavy atom. The predicted octanol–water partition coefficient (Wildman–Crippen LogP) is 4.34. The summed E-state index contributed by atoms with van der Waals surface area (Å²) in [4.78, 5) is 0. The molecule has 0 N–H and O–H groups in total. The Balaban J connectivity index is 1.58. The number of ether oxygens (including phenoxy) is 1. The van der Waals surface area contributed by atoms with Crippen LogP contribution in [0.1, 0.15) is 44.1 Å². The minimum Gasteiger partial charge on any atom is -0.487 e. The lowest BCUT2D eigenvalue weighted by atomic mass is 9.54. The van der Waals surface area contributed by atoms with Crippen molar-refractivity contribution in [2.24, 2.45) is 17.8 Å². The summed E-state index contributed by atoms with van der Waals surface area (Å²) < 4.78 is 6.47. The third-order valence-electron chi connectivity index (χ3n) is 5.34. The molecule has 0 aromatic heterocycles. The van der Waals surface area contributed by atoms with Crippen molar-refractivity contribution in [1.82, 2.24) is 0 Å². The van der Waals surface area contributed by atoms with Crippen LogP contribution in [0.5, 0.6) is 5.75 Å². The second-order valence-electron chi connectivity index (χ2n) is 7.02. The Morgan fingerprint density at radius 3 is 1.89 bits per heavy atom. The van der Waals surface area contributed by atoms with Crippen molar-refractivity contribution in [2.75, 3.05) is 0 Å². The molecule has 5 rings (SSSR count). The molecule has 96 valence electrons. The molecule has 0 heterocycles. The monoisotopic (exact) mass is 242 g/mol. The molecule has 4 saturated carbocycles. The third kappa shape index (κ3) is 1.75. The highest BCUT2D eigenvalue weighted by atomic mass is 16.5. The molecule has 0 saturated heterocycles. The van der Waals surface area contributed by atoms with E-state index in [0.29, 0.717) is 0 Å². The summed E-state index contributed by atoms with van der Waals surface area (Å²) in [5, 5.41) is 0. The molecule has 18 heavy (non-hydrogen) atoms. The fourth-order valence-corrected chi connectivity index (χ4v) is 5.01. The van der Waals surface area contributed by atoms with Gasteiger partial charge in [-0.25, -0.2) is 0 Å². The lowest BCUT2D eigenvalue weighted by molar-refractivity contribution is -0.107. The van der Waals surface area contributed by atoms with Gasteiger partial charge in [0.25, 0.3) is 0 Å². The zero-order valence-corrected chi connectivity index (χ0v) is 11.2. The molecule has 1 aromatic carbocycles. The van der Waals surface area contributed by atoms with E-state index in [9.17, 15) is 0 Å². The Hall–Kier alpha value is -0.980. The first-order valence-electron chi connectivity index (χ1n) is 7.46. The fourth-order valence-electron chi connectivity index (χ4n) is 5.01. The third-order valence-corrected chi connectivity index (χ3v) is 5.34. The highest BCUT2D eigenvalue weighted by molar-refractivity contribution is 5.27.